The van der Waals surface area contributed by atoms with Crippen molar-refractivity contribution in [2.24, 2.45) is 11.3 Å². The monoisotopic (exact) mass is 383 g/mol. The molecular weight excluding hydrogens is 366 g/mol. The van der Waals surface area contributed by atoms with Gasteiger partial charge in [0.2, 0.25) is 5.91 Å². The third kappa shape index (κ3) is 3.33. The van der Waals surface area contributed by atoms with Crippen LogP contribution in [0.15, 0.2) is 33.6 Å². The van der Waals surface area contributed by atoms with Crippen LogP contribution in [0.3, 0.4) is 0 Å². The second-order valence-electron chi connectivity index (χ2n) is 6.08. The van der Waals surface area contributed by atoms with E-state index in [4.69, 9.17) is 5.11 Å². The number of nitrogens with zero attached hydrogens (tertiary/aromatic N) is 1. The minimum absolute atomic E-state index is 0.0138. The zero-order valence-corrected chi connectivity index (χ0v) is 14.5. The van der Waals surface area contributed by atoms with E-state index in [9.17, 15) is 9.59 Å². The number of likely N-dealkylation sites (tertiary alicyclic amines) is 1. The number of carbonyl (C=O) groups excluding carboxylic acids is 1. The number of carboxylic acids is 1. The summed E-state index contributed by atoms with van der Waals surface area (Å²) in [5.41, 5.74) is -0.0138. The third-order valence-corrected chi connectivity index (χ3v) is 6.23. The first-order valence-corrected chi connectivity index (χ1v) is 9.17. The van der Waals surface area contributed by atoms with Crippen molar-refractivity contribution in [1.82, 2.24) is 4.90 Å². The van der Waals surface area contributed by atoms with Crippen molar-refractivity contribution in [3.8, 4) is 0 Å². The van der Waals surface area contributed by atoms with Crippen LogP contribution in [-0.4, -0.2) is 40.7 Å². The maximum Gasteiger partial charge on any atom is 0.307 e. The van der Waals surface area contributed by atoms with Crippen LogP contribution in [0.25, 0.3) is 0 Å². The molecule has 1 aromatic carbocycles. The Bertz CT molecular complexity index is 599. The van der Waals surface area contributed by atoms with Gasteiger partial charge >= 0.3 is 5.97 Å². The van der Waals surface area contributed by atoms with E-state index < -0.39 is 5.97 Å². The average Bonchev–Trinajstić information content (AvgIpc) is 3.20. The molecule has 1 saturated carbocycles. The van der Waals surface area contributed by atoms with Crippen molar-refractivity contribution in [3.05, 3.63) is 28.7 Å². The summed E-state index contributed by atoms with van der Waals surface area (Å²) in [6, 6.07) is 7.92. The Balaban J connectivity index is 1.47. The highest BCUT2D eigenvalue weighted by Crippen LogP contribution is 2.59. The summed E-state index contributed by atoms with van der Waals surface area (Å²) in [6.45, 7) is 1.39. The predicted molar refractivity (Wildman–Crippen MR) is 88.9 cm³/mol. The third-order valence-electron chi connectivity index (χ3n) is 4.76. The Morgan fingerprint density at radius 3 is 2.68 bits per heavy atom. The first-order valence-electron chi connectivity index (χ1n) is 7.39. The van der Waals surface area contributed by atoms with Crippen LogP contribution >= 0.6 is 27.7 Å². The topological polar surface area (TPSA) is 57.6 Å². The van der Waals surface area contributed by atoms with Crippen LogP contribution in [0.1, 0.15) is 19.3 Å². The number of aliphatic carboxylic acids is 1. The summed E-state index contributed by atoms with van der Waals surface area (Å²) >= 11 is 4.97. The number of benzene rings is 1. The van der Waals surface area contributed by atoms with E-state index in [1.165, 1.54) is 0 Å². The molecule has 0 aromatic heterocycles. The lowest BCUT2D eigenvalue weighted by molar-refractivity contribution is -0.139. The molecule has 4 nitrogen and oxygen atoms in total. The number of rotatable bonds is 4. The van der Waals surface area contributed by atoms with Gasteiger partial charge in [0.1, 0.15) is 0 Å². The zero-order chi connectivity index (χ0) is 15.7. The highest BCUT2D eigenvalue weighted by molar-refractivity contribution is 9.10. The maximum atomic E-state index is 12.3. The number of amides is 1. The Kier molecular flexibility index (Phi) is 4.50. The van der Waals surface area contributed by atoms with Crippen LogP contribution in [0, 0.1) is 11.3 Å². The lowest BCUT2D eigenvalue weighted by Crippen LogP contribution is -2.40. The molecule has 1 saturated heterocycles. The molecule has 1 N–H and O–H groups in total. The van der Waals surface area contributed by atoms with Gasteiger partial charge in [-0.15, -0.1) is 11.8 Å². The van der Waals surface area contributed by atoms with Gasteiger partial charge in [-0.05, 0) is 42.9 Å². The Morgan fingerprint density at radius 2 is 2.09 bits per heavy atom. The van der Waals surface area contributed by atoms with Crippen molar-refractivity contribution in [2.75, 3.05) is 18.8 Å². The molecule has 1 aliphatic carbocycles. The van der Waals surface area contributed by atoms with Gasteiger partial charge in [-0.1, -0.05) is 22.0 Å². The highest BCUT2D eigenvalue weighted by Gasteiger charge is 2.59. The van der Waals surface area contributed by atoms with Gasteiger partial charge in [-0.3, -0.25) is 9.59 Å². The Labute approximate surface area is 142 Å². The summed E-state index contributed by atoms with van der Waals surface area (Å²) in [6.07, 6.45) is 2.45. The standard InChI is InChI=1S/C16H18BrNO3S/c17-11-2-1-3-12(8-11)22-10-14(19)18-6-4-16(5-7-18)9-13(16)15(20)21/h1-3,8,13H,4-7,9-10H2,(H,20,21). The van der Waals surface area contributed by atoms with Gasteiger partial charge in [0, 0.05) is 22.5 Å². The fourth-order valence-electron chi connectivity index (χ4n) is 3.24. The minimum Gasteiger partial charge on any atom is -0.481 e. The molecule has 3 rings (SSSR count). The van der Waals surface area contributed by atoms with E-state index in [1.807, 2.05) is 29.2 Å². The number of piperidine rings is 1. The summed E-state index contributed by atoms with van der Waals surface area (Å²) in [5.74, 6) is -0.274. The van der Waals surface area contributed by atoms with Crippen molar-refractivity contribution in [1.29, 1.82) is 0 Å². The maximum absolute atomic E-state index is 12.3. The van der Waals surface area contributed by atoms with Gasteiger partial charge in [-0.25, -0.2) is 0 Å². The van der Waals surface area contributed by atoms with Crippen LogP contribution in [0.5, 0.6) is 0 Å². The molecule has 0 bridgehead atoms. The number of hydrogen-bond donors (Lipinski definition) is 1. The van der Waals surface area contributed by atoms with Crippen LogP contribution < -0.4 is 0 Å². The van der Waals surface area contributed by atoms with Crippen LogP contribution in [-0.2, 0) is 9.59 Å². The first kappa shape index (κ1) is 15.9. The Hall–Kier alpha value is -1.01. The summed E-state index contributed by atoms with van der Waals surface area (Å²) in [5, 5.41) is 9.09. The SMILES string of the molecule is O=C(O)C1CC12CCN(C(=O)CSc1cccc(Br)c1)CC2. The fourth-order valence-corrected chi connectivity index (χ4v) is 4.65. The van der Waals surface area contributed by atoms with Crippen molar-refractivity contribution in [2.45, 2.75) is 24.2 Å². The van der Waals surface area contributed by atoms with Crippen LogP contribution in [0.2, 0.25) is 0 Å². The summed E-state index contributed by atoms with van der Waals surface area (Å²) in [7, 11) is 0. The molecule has 1 spiro atoms. The van der Waals surface area contributed by atoms with Gasteiger partial charge in [0.25, 0.3) is 0 Å². The van der Waals surface area contributed by atoms with Gasteiger partial charge in [-0.2, -0.15) is 0 Å². The summed E-state index contributed by atoms with van der Waals surface area (Å²) < 4.78 is 1.01. The number of halogens is 1. The second-order valence-corrected chi connectivity index (χ2v) is 8.05. The fraction of sp³-hybridized carbons (Fsp3) is 0.500. The van der Waals surface area contributed by atoms with E-state index in [2.05, 4.69) is 15.9 Å². The lowest BCUT2D eigenvalue weighted by atomic mass is 9.91. The van der Waals surface area contributed by atoms with E-state index in [0.29, 0.717) is 18.8 Å². The van der Waals surface area contributed by atoms with Crippen LogP contribution in [0.4, 0.5) is 0 Å². The number of thioether (sulfide) groups is 1. The molecule has 6 heteroatoms. The molecule has 2 fully saturated rings. The molecule has 1 amide bonds. The van der Waals surface area contributed by atoms with E-state index in [0.717, 1.165) is 28.6 Å². The lowest BCUT2D eigenvalue weighted by Gasteiger charge is -2.32. The van der Waals surface area contributed by atoms with Crippen molar-refractivity contribution >= 4 is 39.6 Å². The molecule has 22 heavy (non-hydrogen) atoms. The minimum atomic E-state index is -0.676. The molecule has 1 atom stereocenters. The van der Waals surface area contributed by atoms with Crippen molar-refractivity contribution in [3.63, 3.8) is 0 Å². The molecule has 2 aliphatic rings. The number of hydrogen-bond acceptors (Lipinski definition) is 3. The molecule has 118 valence electrons. The van der Waals surface area contributed by atoms with Gasteiger partial charge < -0.3 is 10.0 Å². The van der Waals surface area contributed by atoms with Gasteiger partial charge in [0.05, 0.1) is 11.7 Å². The number of carboxylic acid groups (broad SMARTS) is 1. The normalized spacial score (nSPS) is 22.6. The average molecular weight is 384 g/mol. The molecular formula is C16H18BrNO3S. The van der Waals surface area contributed by atoms with E-state index >= 15 is 0 Å². The predicted octanol–water partition coefficient (Wildman–Crippen LogP) is 3.25. The van der Waals surface area contributed by atoms with E-state index in [-0.39, 0.29) is 17.2 Å². The molecule has 1 aromatic rings. The molecule has 0 radical (unpaired) electrons. The number of carbonyl (C=O) groups is 2. The molecule has 1 heterocycles. The second kappa shape index (κ2) is 6.24. The Morgan fingerprint density at radius 1 is 1.36 bits per heavy atom. The summed E-state index contributed by atoms with van der Waals surface area (Å²) in [4.78, 5) is 26.3. The largest absolute Gasteiger partial charge is 0.481 e. The zero-order valence-electron chi connectivity index (χ0n) is 12.1. The van der Waals surface area contributed by atoms with Gasteiger partial charge in [0.15, 0.2) is 0 Å². The van der Waals surface area contributed by atoms with E-state index in [1.54, 1.807) is 11.8 Å². The first-order chi connectivity index (χ1) is 10.5. The molecule has 1 unspecified atom stereocenters. The van der Waals surface area contributed by atoms with Crippen molar-refractivity contribution < 1.29 is 14.7 Å². The molecule has 1 aliphatic heterocycles. The quantitative estimate of drug-likeness (QED) is 0.810. The highest BCUT2D eigenvalue weighted by atomic mass is 79.9. The smallest absolute Gasteiger partial charge is 0.307 e.